The molecule has 0 spiro atoms. The lowest BCUT2D eigenvalue weighted by Gasteiger charge is -2.07. The first-order chi connectivity index (χ1) is 11.3. The van der Waals surface area contributed by atoms with E-state index < -0.39 is 0 Å². The Kier molecular flexibility index (Phi) is 5.11. The summed E-state index contributed by atoms with van der Waals surface area (Å²) in [5.41, 5.74) is 2.23. The van der Waals surface area contributed by atoms with Crippen molar-refractivity contribution in [2.24, 2.45) is 0 Å². The first-order valence-electron chi connectivity index (χ1n) is 7.76. The fourth-order valence-corrected chi connectivity index (χ4v) is 2.45. The molecule has 5 heteroatoms. The van der Waals surface area contributed by atoms with Gasteiger partial charge in [0.25, 0.3) is 5.56 Å². The lowest BCUT2D eigenvalue weighted by atomic mass is 10.2. The number of aryl methyl sites for hydroxylation is 1. The molecule has 0 radical (unpaired) electrons. The molecule has 0 unspecified atom stereocenters. The predicted octanol–water partition coefficient (Wildman–Crippen LogP) is 2.44. The van der Waals surface area contributed by atoms with Gasteiger partial charge in [0.05, 0.1) is 12.1 Å². The zero-order chi connectivity index (χ0) is 15.9. The molecule has 0 aliphatic rings. The topological polar surface area (TPSA) is 57.0 Å². The highest BCUT2D eigenvalue weighted by atomic mass is 16.5. The minimum atomic E-state index is -0.0973. The van der Waals surface area contributed by atoms with Gasteiger partial charge in [0.2, 0.25) is 0 Å². The van der Waals surface area contributed by atoms with E-state index in [0.29, 0.717) is 30.8 Å². The van der Waals surface area contributed by atoms with Crippen LogP contribution >= 0.6 is 0 Å². The van der Waals surface area contributed by atoms with Crippen LogP contribution in [-0.4, -0.2) is 27.7 Å². The Morgan fingerprint density at radius 1 is 1.00 bits per heavy atom. The van der Waals surface area contributed by atoms with Crippen molar-refractivity contribution in [3.05, 3.63) is 70.9 Å². The summed E-state index contributed by atoms with van der Waals surface area (Å²) in [5, 5.41) is 0. The Balaban J connectivity index is 1.46. The number of pyridine rings is 1. The number of rotatable bonds is 7. The minimum absolute atomic E-state index is 0.0973. The average Bonchev–Trinajstić information content (AvgIpc) is 2.61. The van der Waals surface area contributed by atoms with Crippen LogP contribution in [0.3, 0.4) is 0 Å². The molecular weight excluding hydrogens is 290 g/mol. The van der Waals surface area contributed by atoms with E-state index in [1.54, 1.807) is 23.2 Å². The molecule has 0 aliphatic carbocycles. The number of fused-ring (bicyclic) bond motifs is 1. The van der Waals surface area contributed by atoms with Crippen molar-refractivity contribution in [1.29, 1.82) is 0 Å². The standard InChI is InChI=1S/C18H19N3O2/c22-18-17-16(19-9-10-20-17)7-12-21(18)11-4-13-23-14-8-15-5-2-1-3-6-15/h1-3,5-7,9-10,12H,4,8,11,13-14H2. The van der Waals surface area contributed by atoms with Crippen LogP contribution in [0.4, 0.5) is 0 Å². The van der Waals surface area contributed by atoms with Crippen molar-refractivity contribution in [2.75, 3.05) is 13.2 Å². The van der Waals surface area contributed by atoms with Gasteiger partial charge < -0.3 is 9.30 Å². The molecule has 0 saturated carbocycles. The summed E-state index contributed by atoms with van der Waals surface area (Å²) in [7, 11) is 0. The van der Waals surface area contributed by atoms with E-state index in [9.17, 15) is 4.79 Å². The third-order valence-electron chi connectivity index (χ3n) is 3.67. The molecule has 2 aromatic heterocycles. The highest BCUT2D eigenvalue weighted by molar-refractivity contribution is 5.71. The normalized spacial score (nSPS) is 11.0. The van der Waals surface area contributed by atoms with Crippen LogP contribution < -0.4 is 5.56 Å². The average molecular weight is 309 g/mol. The summed E-state index contributed by atoms with van der Waals surface area (Å²) in [6.07, 6.45) is 6.60. The van der Waals surface area contributed by atoms with E-state index in [2.05, 4.69) is 22.1 Å². The van der Waals surface area contributed by atoms with Crippen molar-refractivity contribution >= 4 is 11.0 Å². The van der Waals surface area contributed by atoms with Gasteiger partial charge in [-0.15, -0.1) is 0 Å². The van der Waals surface area contributed by atoms with Crippen molar-refractivity contribution in [3.8, 4) is 0 Å². The SMILES string of the molecule is O=c1c2nccnc2ccn1CCCOCCc1ccccc1. The second-order valence-corrected chi connectivity index (χ2v) is 5.31. The van der Waals surface area contributed by atoms with Crippen LogP contribution in [0.1, 0.15) is 12.0 Å². The van der Waals surface area contributed by atoms with Gasteiger partial charge in [-0.25, -0.2) is 4.98 Å². The van der Waals surface area contributed by atoms with Gasteiger partial charge in [0, 0.05) is 31.7 Å². The summed E-state index contributed by atoms with van der Waals surface area (Å²) in [4.78, 5) is 20.5. The third kappa shape index (κ3) is 4.02. The predicted molar refractivity (Wildman–Crippen MR) is 89.4 cm³/mol. The maximum atomic E-state index is 12.3. The quantitative estimate of drug-likeness (QED) is 0.629. The number of ether oxygens (including phenoxy) is 1. The molecule has 2 heterocycles. The first-order valence-corrected chi connectivity index (χ1v) is 7.76. The fourth-order valence-electron chi connectivity index (χ4n) is 2.45. The van der Waals surface area contributed by atoms with E-state index in [-0.39, 0.29) is 5.56 Å². The number of aromatic nitrogens is 3. The molecule has 3 rings (SSSR count). The monoisotopic (exact) mass is 309 g/mol. The molecule has 0 atom stereocenters. The third-order valence-corrected chi connectivity index (χ3v) is 3.67. The van der Waals surface area contributed by atoms with Crippen LogP contribution in [0.2, 0.25) is 0 Å². The Hall–Kier alpha value is -2.53. The van der Waals surface area contributed by atoms with E-state index >= 15 is 0 Å². The Bertz CT molecular complexity index is 815. The van der Waals surface area contributed by atoms with Gasteiger partial charge in [0.1, 0.15) is 0 Å². The molecule has 3 aromatic rings. The van der Waals surface area contributed by atoms with Crippen LogP contribution in [0.25, 0.3) is 11.0 Å². The van der Waals surface area contributed by atoms with Gasteiger partial charge in [0.15, 0.2) is 5.52 Å². The van der Waals surface area contributed by atoms with Crippen molar-refractivity contribution in [1.82, 2.24) is 14.5 Å². The molecule has 0 bridgehead atoms. The minimum Gasteiger partial charge on any atom is -0.381 e. The summed E-state index contributed by atoms with van der Waals surface area (Å²) in [5.74, 6) is 0. The smallest absolute Gasteiger partial charge is 0.278 e. The zero-order valence-electron chi connectivity index (χ0n) is 12.9. The molecule has 0 fully saturated rings. The van der Waals surface area contributed by atoms with Crippen molar-refractivity contribution in [2.45, 2.75) is 19.4 Å². The first kappa shape index (κ1) is 15.4. The van der Waals surface area contributed by atoms with Crippen LogP contribution in [0.5, 0.6) is 0 Å². The maximum Gasteiger partial charge on any atom is 0.278 e. The Morgan fingerprint density at radius 3 is 2.70 bits per heavy atom. The van der Waals surface area contributed by atoms with Gasteiger partial charge in [-0.1, -0.05) is 30.3 Å². The second-order valence-electron chi connectivity index (χ2n) is 5.31. The summed E-state index contributed by atoms with van der Waals surface area (Å²) in [6, 6.07) is 12.1. The van der Waals surface area contributed by atoms with E-state index in [1.807, 2.05) is 24.3 Å². The van der Waals surface area contributed by atoms with E-state index in [0.717, 1.165) is 12.8 Å². The van der Waals surface area contributed by atoms with Gasteiger partial charge >= 0.3 is 0 Å². The number of hydrogen-bond donors (Lipinski definition) is 0. The highest BCUT2D eigenvalue weighted by Gasteiger charge is 2.04. The lowest BCUT2D eigenvalue weighted by Crippen LogP contribution is -2.21. The second kappa shape index (κ2) is 7.65. The molecule has 0 saturated heterocycles. The summed E-state index contributed by atoms with van der Waals surface area (Å²) >= 11 is 0. The highest BCUT2D eigenvalue weighted by Crippen LogP contribution is 2.02. The van der Waals surface area contributed by atoms with Gasteiger partial charge in [-0.2, -0.15) is 0 Å². The molecule has 23 heavy (non-hydrogen) atoms. The largest absolute Gasteiger partial charge is 0.381 e. The molecule has 0 aliphatic heterocycles. The van der Waals surface area contributed by atoms with E-state index in [4.69, 9.17) is 4.74 Å². The Morgan fingerprint density at radius 2 is 1.83 bits per heavy atom. The van der Waals surface area contributed by atoms with Crippen LogP contribution in [0, 0.1) is 0 Å². The zero-order valence-corrected chi connectivity index (χ0v) is 12.9. The van der Waals surface area contributed by atoms with E-state index in [1.165, 1.54) is 5.56 Å². The van der Waals surface area contributed by atoms with Gasteiger partial charge in [-0.05, 0) is 24.5 Å². The summed E-state index contributed by atoms with van der Waals surface area (Å²) < 4.78 is 7.31. The molecule has 5 nitrogen and oxygen atoms in total. The number of hydrogen-bond acceptors (Lipinski definition) is 4. The molecule has 118 valence electrons. The molecule has 0 N–H and O–H groups in total. The van der Waals surface area contributed by atoms with Crippen LogP contribution in [-0.2, 0) is 17.7 Å². The van der Waals surface area contributed by atoms with Crippen molar-refractivity contribution in [3.63, 3.8) is 0 Å². The van der Waals surface area contributed by atoms with Gasteiger partial charge in [-0.3, -0.25) is 9.78 Å². The lowest BCUT2D eigenvalue weighted by molar-refractivity contribution is 0.131. The molecule has 0 amide bonds. The van der Waals surface area contributed by atoms with Crippen LogP contribution in [0.15, 0.2) is 59.8 Å². The number of benzene rings is 1. The summed E-state index contributed by atoms with van der Waals surface area (Å²) in [6.45, 7) is 1.95. The molecular formula is C18H19N3O2. The Labute approximate surface area is 134 Å². The molecule has 1 aromatic carbocycles. The number of nitrogens with zero attached hydrogens (tertiary/aromatic N) is 3. The fraction of sp³-hybridized carbons (Fsp3) is 0.278. The maximum absolute atomic E-state index is 12.3. The van der Waals surface area contributed by atoms with Crippen molar-refractivity contribution < 1.29 is 4.74 Å².